The highest BCUT2D eigenvalue weighted by molar-refractivity contribution is 5.98. The van der Waals surface area contributed by atoms with E-state index in [1.807, 2.05) is 0 Å². The lowest BCUT2D eigenvalue weighted by Gasteiger charge is -1.87. The highest BCUT2D eigenvalue weighted by Crippen LogP contribution is 1.81. The summed E-state index contributed by atoms with van der Waals surface area (Å²) < 4.78 is 4.33. The van der Waals surface area contributed by atoms with E-state index in [0.717, 1.165) is 18.4 Å². The van der Waals surface area contributed by atoms with Crippen molar-refractivity contribution in [1.82, 2.24) is 0 Å². The van der Waals surface area contributed by atoms with Gasteiger partial charge in [0.2, 0.25) is 0 Å². The van der Waals surface area contributed by atoms with Gasteiger partial charge < -0.3 is 4.74 Å². The Balaban J connectivity index is 3.66. The first-order valence-electron chi connectivity index (χ1n) is 2.67. The van der Waals surface area contributed by atoms with Crippen LogP contribution in [0.3, 0.4) is 0 Å². The zero-order valence-electron chi connectivity index (χ0n) is 5.66. The van der Waals surface area contributed by atoms with Crippen molar-refractivity contribution in [3.8, 4) is 0 Å². The van der Waals surface area contributed by atoms with Gasteiger partial charge >= 0.3 is 5.97 Å². The van der Waals surface area contributed by atoms with Crippen LogP contribution >= 0.6 is 0 Å². The first kappa shape index (κ1) is 8.62. The fourth-order valence-corrected chi connectivity index (χ4v) is 0.265. The standard InChI is InChI=1S/C7H8O3/c1-3-7(9)4-5-10-6(2)8/h3-5H,1H2,2H3. The Labute approximate surface area is 59.0 Å². The fraction of sp³-hybridized carbons (Fsp3) is 0.143. The summed E-state index contributed by atoms with van der Waals surface area (Å²) >= 11 is 0. The lowest BCUT2D eigenvalue weighted by atomic mass is 10.4. The number of hydrogen-bond donors (Lipinski definition) is 0. The summed E-state index contributed by atoms with van der Waals surface area (Å²) in [4.78, 5) is 20.5. The molecule has 0 saturated carbocycles. The van der Waals surface area contributed by atoms with E-state index in [4.69, 9.17) is 0 Å². The molecule has 0 aliphatic rings. The summed E-state index contributed by atoms with van der Waals surface area (Å²) in [5.41, 5.74) is 0. The first-order chi connectivity index (χ1) is 4.66. The molecule has 0 N–H and O–H groups in total. The molecule has 0 unspecified atom stereocenters. The van der Waals surface area contributed by atoms with Crippen molar-refractivity contribution in [3.05, 3.63) is 25.0 Å². The zero-order chi connectivity index (χ0) is 7.98. The van der Waals surface area contributed by atoms with Crippen molar-refractivity contribution in [2.75, 3.05) is 0 Å². The molecule has 10 heavy (non-hydrogen) atoms. The predicted octanol–water partition coefficient (Wildman–Crippen LogP) is 0.818. The average Bonchev–Trinajstić information content (AvgIpc) is 1.87. The van der Waals surface area contributed by atoms with Crippen LogP contribution in [0, 0.1) is 0 Å². The molecule has 0 spiro atoms. The predicted molar refractivity (Wildman–Crippen MR) is 36.1 cm³/mol. The second-order valence-corrected chi connectivity index (χ2v) is 1.52. The van der Waals surface area contributed by atoms with Crippen LogP contribution < -0.4 is 0 Å². The number of hydrogen-bond acceptors (Lipinski definition) is 3. The van der Waals surface area contributed by atoms with Gasteiger partial charge in [-0.3, -0.25) is 9.59 Å². The van der Waals surface area contributed by atoms with Gasteiger partial charge in [0.25, 0.3) is 0 Å². The summed E-state index contributed by atoms with van der Waals surface area (Å²) in [7, 11) is 0. The molecule has 0 aromatic carbocycles. The van der Waals surface area contributed by atoms with Gasteiger partial charge in [0.15, 0.2) is 5.78 Å². The Hall–Kier alpha value is -1.38. The molecule has 0 heterocycles. The molecular weight excluding hydrogens is 132 g/mol. The smallest absolute Gasteiger partial charge is 0.307 e. The topological polar surface area (TPSA) is 43.4 Å². The van der Waals surface area contributed by atoms with Gasteiger partial charge in [-0.25, -0.2) is 0 Å². The van der Waals surface area contributed by atoms with Gasteiger partial charge in [-0.1, -0.05) is 6.58 Å². The van der Waals surface area contributed by atoms with Crippen LogP contribution in [-0.4, -0.2) is 11.8 Å². The summed E-state index contributed by atoms with van der Waals surface area (Å²) in [6.45, 7) is 4.47. The SMILES string of the molecule is C=CC(=O)C=COC(C)=O. The van der Waals surface area contributed by atoms with Crippen LogP contribution in [0.25, 0.3) is 0 Å². The minimum Gasteiger partial charge on any atom is -0.435 e. The largest absolute Gasteiger partial charge is 0.435 e. The van der Waals surface area contributed by atoms with Crippen LogP contribution in [0.1, 0.15) is 6.92 Å². The maximum Gasteiger partial charge on any atom is 0.307 e. The Kier molecular flexibility index (Phi) is 3.87. The van der Waals surface area contributed by atoms with Crippen molar-refractivity contribution in [1.29, 1.82) is 0 Å². The monoisotopic (exact) mass is 140 g/mol. The summed E-state index contributed by atoms with van der Waals surface area (Å²) in [6.07, 6.45) is 3.28. The third-order valence-electron chi connectivity index (χ3n) is 0.667. The lowest BCUT2D eigenvalue weighted by Crippen LogP contribution is -1.91. The molecule has 0 bridgehead atoms. The number of ketones is 1. The van der Waals surface area contributed by atoms with E-state index < -0.39 is 5.97 Å². The Morgan fingerprint density at radius 1 is 1.50 bits per heavy atom. The number of carbonyl (C=O) groups excluding carboxylic acids is 2. The molecule has 3 nitrogen and oxygen atoms in total. The van der Waals surface area contributed by atoms with Crippen molar-refractivity contribution < 1.29 is 14.3 Å². The maximum absolute atomic E-state index is 10.4. The van der Waals surface area contributed by atoms with Crippen LogP contribution in [0.15, 0.2) is 25.0 Å². The molecule has 0 atom stereocenters. The van der Waals surface area contributed by atoms with E-state index in [9.17, 15) is 9.59 Å². The molecular formula is C7H8O3. The fourth-order valence-electron chi connectivity index (χ4n) is 0.265. The van der Waals surface area contributed by atoms with Crippen molar-refractivity contribution in [3.63, 3.8) is 0 Å². The van der Waals surface area contributed by atoms with Gasteiger partial charge in [-0.15, -0.1) is 0 Å². The molecule has 0 aliphatic heterocycles. The summed E-state index contributed by atoms with van der Waals surface area (Å²) in [5.74, 6) is -0.741. The maximum atomic E-state index is 10.4. The molecule has 0 saturated heterocycles. The van der Waals surface area contributed by atoms with Gasteiger partial charge in [-0.2, -0.15) is 0 Å². The highest BCUT2D eigenvalue weighted by atomic mass is 16.5. The van der Waals surface area contributed by atoms with Crippen LogP contribution in [-0.2, 0) is 14.3 Å². The minimum absolute atomic E-state index is 0.291. The van der Waals surface area contributed by atoms with Crippen molar-refractivity contribution >= 4 is 11.8 Å². The second kappa shape index (κ2) is 4.49. The van der Waals surface area contributed by atoms with E-state index in [1.165, 1.54) is 6.92 Å². The Morgan fingerprint density at radius 3 is 2.50 bits per heavy atom. The molecule has 0 aromatic heterocycles. The van der Waals surface area contributed by atoms with E-state index in [2.05, 4.69) is 11.3 Å². The number of carbonyl (C=O) groups is 2. The molecule has 0 aromatic rings. The second-order valence-electron chi connectivity index (χ2n) is 1.52. The van der Waals surface area contributed by atoms with E-state index in [0.29, 0.717) is 0 Å². The minimum atomic E-state index is -0.451. The number of esters is 1. The van der Waals surface area contributed by atoms with Gasteiger partial charge in [0.05, 0.1) is 6.26 Å². The first-order valence-corrected chi connectivity index (χ1v) is 2.67. The van der Waals surface area contributed by atoms with E-state index in [1.54, 1.807) is 0 Å². The van der Waals surface area contributed by atoms with Crippen LogP contribution in [0.2, 0.25) is 0 Å². The quantitative estimate of drug-likeness (QED) is 0.331. The van der Waals surface area contributed by atoms with Gasteiger partial charge in [0.1, 0.15) is 0 Å². The number of allylic oxidation sites excluding steroid dienone is 2. The normalized spacial score (nSPS) is 9.30. The van der Waals surface area contributed by atoms with Crippen molar-refractivity contribution in [2.45, 2.75) is 6.92 Å². The molecule has 0 amide bonds. The molecule has 3 heteroatoms. The average molecular weight is 140 g/mol. The van der Waals surface area contributed by atoms with Gasteiger partial charge in [-0.05, 0) is 6.08 Å². The lowest BCUT2D eigenvalue weighted by molar-refractivity contribution is -0.135. The highest BCUT2D eigenvalue weighted by Gasteiger charge is 1.87. The molecule has 0 radical (unpaired) electrons. The van der Waals surface area contributed by atoms with Gasteiger partial charge in [0, 0.05) is 13.0 Å². The number of rotatable bonds is 3. The van der Waals surface area contributed by atoms with Crippen LogP contribution in [0.5, 0.6) is 0 Å². The Bertz CT molecular complexity index is 179. The van der Waals surface area contributed by atoms with Crippen molar-refractivity contribution in [2.24, 2.45) is 0 Å². The zero-order valence-corrected chi connectivity index (χ0v) is 5.66. The molecule has 0 fully saturated rings. The molecule has 54 valence electrons. The summed E-state index contributed by atoms with van der Waals surface area (Å²) in [5, 5.41) is 0. The van der Waals surface area contributed by atoms with E-state index >= 15 is 0 Å². The Morgan fingerprint density at radius 2 is 2.10 bits per heavy atom. The molecule has 0 rings (SSSR count). The number of ether oxygens (including phenoxy) is 1. The van der Waals surface area contributed by atoms with Crippen LogP contribution in [0.4, 0.5) is 0 Å². The van der Waals surface area contributed by atoms with E-state index in [-0.39, 0.29) is 5.78 Å². The third-order valence-corrected chi connectivity index (χ3v) is 0.667. The third kappa shape index (κ3) is 4.77. The molecule has 0 aliphatic carbocycles. The summed E-state index contributed by atoms with van der Waals surface area (Å²) in [6, 6.07) is 0.